The smallest absolute Gasteiger partial charge is 0.123 e. The van der Waals surface area contributed by atoms with Crippen LogP contribution in [0.15, 0.2) is 18.3 Å². The van der Waals surface area contributed by atoms with Crippen LogP contribution in [-0.4, -0.2) is 17.6 Å². The number of nitrogens with zero attached hydrogens (tertiary/aromatic N) is 1. The largest absolute Gasteiger partial charge is 0.384 e. The minimum Gasteiger partial charge on any atom is -0.384 e. The number of nitrogen functional groups attached to an aromatic ring is 1. The van der Waals surface area contributed by atoms with E-state index in [-0.39, 0.29) is 0 Å². The molecule has 1 unspecified atom stereocenters. The summed E-state index contributed by atoms with van der Waals surface area (Å²) in [6, 6.07) is 4.49. The van der Waals surface area contributed by atoms with Crippen LogP contribution in [0.2, 0.25) is 0 Å². The van der Waals surface area contributed by atoms with Gasteiger partial charge in [0.1, 0.15) is 5.82 Å². The van der Waals surface area contributed by atoms with Crippen molar-refractivity contribution in [2.45, 2.75) is 33.2 Å². The van der Waals surface area contributed by atoms with Gasteiger partial charge in [0.05, 0.1) is 0 Å². The first-order valence-electron chi connectivity index (χ1n) is 5.57. The molecule has 0 amide bonds. The molecule has 1 heterocycles. The van der Waals surface area contributed by atoms with E-state index >= 15 is 0 Å². The van der Waals surface area contributed by atoms with Crippen molar-refractivity contribution in [3.05, 3.63) is 23.9 Å². The highest BCUT2D eigenvalue weighted by Crippen LogP contribution is 2.11. The monoisotopic (exact) mass is 207 g/mol. The summed E-state index contributed by atoms with van der Waals surface area (Å²) in [7, 11) is 0. The van der Waals surface area contributed by atoms with Gasteiger partial charge in [-0.1, -0.05) is 20.8 Å². The Morgan fingerprint density at radius 1 is 1.47 bits per heavy atom. The van der Waals surface area contributed by atoms with E-state index < -0.39 is 0 Å². The maximum atomic E-state index is 5.65. The lowest BCUT2D eigenvalue weighted by Crippen LogP contribution is -2.35. The van der Waals surface area contributed by atoms with Crippen LogP contribution < -0.4 is 11.1 Å². The molecule has 1 aromatic rings. The number of aromatic nitrogens is 1. The van der Waals surface area contributed by atoms with E-state index in [2.05, 4.69) is 31.1 Å². The molecule has 0 saturated carbocycles. The molecule has 0 aliphatic carbocycles. The zero-order valence-electron chi connectivity index (χ0n) is 9.83. The van der Waals surface area contributed by atoms with Gasteiger partial charge in [-0.2, -0.15) is 0 Å². The lowest BCUT2D eigenvalue weighted by Gasteiger charge is -2.21. The highest BCUT2D eigenvalue weighted by Gasteiger charge is 2.12. The second-order valence-corrected chi connectivity index (χ2v) is 4.20. The molecule has 0 aliphatic rings. The van der Waals surface area contributed by atoms with Gasteiger partial charge in [-0.25, -0.2) is 4.98 Å². The summed E-state index contributed by atoms with van der Waals surface area (Å²) in [5.74, 6) is 1.23. The van der Waals surface area contributed by atoms with Crippen molar-refractivity contribution in [1.82, 2.24) is 10.3 Å². The second-order valence-electron chi connectivity index (χ2n) is 4.20. The third kappa shape index (κ3) is 3.88. The molecular weight excluding hydrogens is 186 g/mol. The van der Waals surface area contributed by atoms with Crippen molar-refractivity contribution in [2.24, 2.45) is 5.92 Å². The first kappa shape index (κ1) is 12.0. The Balaban J connectivity index is 2.65. The van der Waals surface area contributed by atoms with Crippen LogP contribution in [0.3, 0.4) is 0 Å². The van der Waals surface area contributed by atoms with Crippen molar-refractivity contribution in [3.8, 4) is 0 Å². The SMILES string of the molecule is CCNC(Cc1ccnc(N)c1)C(C)C. The summed E-state index contributed by atoms with van der Waals surface area (Å²) < 4.78 is 0. The number of anilines is 1. The van der Waals surface area contributed by atoms with Gasteiger partial charge in [0.2, 0.25) is 0 Å². The molecule has 84 valence electrons. The van der Waals surface area contributed by atoms with Gasteiger partial charge >= 0.3 is 0 Å². The van der Waals surface area contributed by atoms with E-state index in [1.54, 1.807) is 6.20 Å². The minimum absolute atomic E-state index is 0.511. The van der Waals surface area contributed by atoms with Crippen molar-refractivity contribution in [3.63, 3.8) is 0 Å². The average molecular weight is 207 g/mol. The number of hydrogen-bond donors (Lipinski definition) is 2. The lowest BCUT2D eigenvalue weighted by molar-refractivity contribution is 0.405. The van der Waals surface area contributed by atoms with E-state index in [9.17, 15) is 0 Å². The van der Waals surface area contributed by atoms with Gasteiger partial charge in [0.15, 0.2) is 0 Å². The van der Waals surface area contributed by atoms with Gasteiger partial charge in [0.25, 0.3) is 0 Å². The summed E-state index contributed by atoms with van der Waals surface area (Å²) in [4.78, 5) is 4.00. The number of nitrogens with one attached hydrogen (secondary N) is 1. The van der Waals surface area contributed by atoms with Gasteiger partial charge in [0, 0.05) is 12.2 Å². The molecule has 3 nitrogen and oxygen atoms in total. The molecule has 0 aromatic carbocycles. The Hall–Kier alpha value is -1.09. The lowest BCUT2D eigenvalue weighted by atomic mass is 9.97. The number of rotatable bonds is 5. The zero-order chi connectivity index (χ0) is 11.3. The summed E-state index contributed by atoms with van der Waals surface area (Å²) >= 11 is 0. The molecule has 0 saturated heterocycles. The van der Waals surface area contributed by atoms with Crippen LogP contribution in [0.5, 0.6) is 0 Å². The molecule has 0 aliphatic heterocycles. The van der Waals surface area contributed by atoms with E-state index in [0.717, 1.165) is 13.0 Å². The molecule has 0 bridgehead atoms. The van der Waals surface area contributed by atoms with Crippen molar-refractivity contribution >= 4 is 5.82 Å². The fourth-order valence-electron chi connectivity index (χ4n) is 1.68. The Labute approximate surface area is 92.1 Å². The Bertz CT molecular complexity index is 297. The third-order valence-corrected chi connectivity index (χ3v) is 2.57. The van der Waals surface area contributed by atoms with Crippen molar-refractivity contribution in [2.75, 3.05) is 12.3 Å². The van der Waals surface area contributed by atoms with Crippen LogP contribution >= 0.6 is 0 Å². The molecule has 3 N–H and O–H groups in total. The number of hydrogen-bond acceptors (Lipinski definition) is 3. The Morgan fingerprint density at radius 3 is 2.73 bits per heavy atom. The number of nitrogens with two attached hydrogens (primary N) is 1. The molecule has 0 fully saturated rings. The average Bonchev–Trinajstić information content (AvgIpc) is 2.17. The van der Waals surface area contributed by atoms with E-state index in [1.165, 1.54) is 5.56 Å². The highest BCUT2D eigenvalue weighted by atomic mass is 14.9. The van der Waals surface area contributed by atoms with Gasteiger partial charge in [-0.3, -0.25) is 0 Å². The predicted molar refractivity (Wildman–Crippen MR) is 64.7 cm³/mol. The molecule has 1 rings (SSSR count). The number of likely N-dealkylation sites (N-methyl/N-ethyl adjacent to an activating group) is 1. The first-order chi connectivity index (χ1) is 7.13. The molecule has 0 spiro atoms. The molecule has 1 aromatic heterocycles. The quantitative estimate of drug-likeness (QED) is 0.774. The fraction of sp³-hybridized carbons (Fsp3) is 0.583. The highest BCUT2D eigenvalue weighted by molar-refractivity contribution is 5.32. The summed E-state index contributed by atoms with van der Waals surface area (Å²) in [6.07, 6.45) is 2.78. The summed E-state index contributed by atoms with van der Waals surface area (Å²) in [5, 5.41) is 3.49. The molecule has 3 heteroatoms. The Kier molecular flexibility index (Phi) is 4.56. The standard InChI is InChI=1S/C12H21N3/c1-4-14-11(9(2)3)7-10-5-6-15-12(13)8-10/h5-6,8-9,11,14H,4,7H2,1-3H3,(H2,13,15). The first-order valence-corrected chi connectivity index (χ1v) is 5.57. The van der Waals surface area contributed by atoms with Crippen LogP contribution in [0, 0.1) is 5.92 Å². The normalized spacial score (nSPS) is 13.1. The van der Waals surface area contributed by atoms with E-state index in [1.807, 2.05) is 12.1 Å². The summed E-state index contributed by atoms with van der Waals surface area (Å²) in [6.45, 7) is 7.61. The fourth-order valence-corrected chi connectivity index (χ4v) is 1.68. The van der Waals surface area contributed by atoms with Crippen LogP contribution in [0.4, 0.5) is 5.82 Å². The van der Waals surface area contributed by atoms with Crippen molar-refractivity contribution < 1.29 is 0 Å². The maximum absolute atomic E-state index is 5.65. The van der Waals surface area contributed by atoms with E-state index in [4.69, 9.17) is 5.73 Å². The molecule has 15 heavy (non-hydrogen) atoms. The van der Waals surface area contributed by atoms with Gasteiger partial charge in [-0.15, -0.1) is 0 Å². The van der Waals surface area contributed by atoms with Gasteiger partial charge < -0.3 is 11.1 Å². The topological polar surface area (TPSA) is 50.9 Å². The van der Waals surface area contributed by atoms with Gasteiger partial charge in [-0.05, 0) is 36.6 Å². The molecular formula is C12H21N3. The minimum atomic E-state index is 0.511. The van der Waals surface area contributed by atoms with Crippen molar-refractivity contribution in [1.29, 1.82) is 0 Å². The second kappa shape index (κ2) is 5.71. The number of pyridine rings is 1. The zero-order valence-corrected chi connectivity index (χ0v) is 9.83. The third-order valence-electron chi connectivity index (χ3n) is 2.57. The molecule has 1 atom stereocenters. The molecule has 0 radical (unpaired) electrons. The maximum Gasteiger partial charge on any atom is 0.123 e. The van der Waals surface area contributed by atoms with Crippen LogP contribution in [-0.2, 0) is 6.42 Å². The predicted octanol–water partition coefficient (Wildman–Crippen LogP) is 1.84. The van der Waals surface area contributed by atoms with Crippen LogP contribution in [0.1, 0.15) is 26.3 Å². The van der Waals surface area contributed by atoms with Crippen LogP contribution in [0.25, 0.3) is 0 Å². The Morgan fingerprint density at radius 2 is 2.20 bits per heavy atom. The van der Waals surface area contributed by atoms with E-state index in [0.29, 0.717) is 17.8 Å². The summed E-state index contributed by atoms with van der Waals surface area (Å²) in [5.41, 5.74) is 6.90.